The summed E-state index contributed by atoms with van der Waals surface area (Å²) in [6.07, 6.45) is -0.355. The van der Waals surface area contributed by atoms with E-state index in [4.69, 9.17) is 43.0 Å². The van der Waals surface area contributed by atoms with Crippen LogP contribution in [0.15, 0.2) is 48.9 Å². The Balaban J connectivity index is 1.25. The number of aromatic nitrogens is 2. The van der Waals surface area contributed by atoms with Crippen LogP contribution in [0.25, 0.3) is 11.0 Å². The van der Waals surface area contributed by atoms with Gasteiger partial charge in [-0.15, -0.1) is 0 Å². The number of fused-ring (bicyclic) bond motifs is 3. The summed E-state index contributed by atoms with van der Waals surface area (Å²) in [7, 11) is 26.4. The van der Waals surface area contributed by atoms with Crippen LogP contribution in [0, 0.1) is 5.92 Å². The highest BCUT2D eigenvalue weighted by Crippen LogP contribution is 2.52. The van der Waals surface area contributed by atoms with Gasteiger partial charge in [0.2, 0.25) is 0 Å². The van der Waals surface area contributed by atoms with Crippen molar-refractivity contribution in [3.8, 4) is 0 Å². The number of nitrogens with zero attached hydrogens (tertiary/aromatic N) is 3. The van der Waals surface area contributed by atoms with Crippen LogP contribution in [-0.4, -0.2) is 64.3 Å². The first-order valence-corrected chi connectivity index (χ1v) is 14.2. The van der Waals surface area contributed by atoms with E-state index in [9.17, 15) is 13.2 Å². The van der Waals surface area contributed by atoms with E-state index in [1.54, 1.807) is 10.6 Å². The summed E-state index contributed by atoms with van der Waals surface area (Å²) < 4.78 is 44.6. The van der Waals surface area contributed by atoms with Crippen LogP contribution < -0.4 is 5.32 Å². The topological polar surface area (TPSA) is 33.1 Å². The number of piperidine rings is 1. The highest BCUT2D eigenvalue weighted by atomic mass is 35.5. The Bertz CT molecular complexity index is 1520. The predicted octanol–water partition coefficient (Wildman–Crippen LogP) is 5.64. The van der Waals surface area contributed by atoms with E-state index in [-0.39, 0.29) is 34.5 Å². The fourth-order valence-corrected chi connectivity index (χ4v) is 7.15. The van der Waals surface area contributed by atoms with Crippen molar-refractivity contribution in [3.63, 3.8) is 0 Å². The SMILES string of the molecule is [B]C([B])(Cc1cc(C(F)(F)F)c2c(c1)ncn2C1CC(C)C1)C([B])([B])N1CCC2(CC1)C(=C)Nc1ccc(Cl)cc12. The smallest absolute Gasteiger partial charge is 0.358 e. The molecule has 1 spiro atoms. The number of anilines is 1. The molecule has 1 saturated carbocycles. The lowest BCUT2D eigenvalue weighted by molar-refractivity contribution is -0.136. The molecule has 0 amide bonds. The molecule has 2 aromatic carbocycles. The molecular formula is C29H28B4ClF3N4. The van der Waals surface area contributed by atoms with Gasteiger partial charge in [0.05, 0.1) is 54.3 Å². The van der Waals surface area contributed by atoms with Crippen LogP contribution in [0.2, 0.25) is 10.2 Å². The van der Waals surface area contributed by atoms with Gasteiger partial charge in [0.15, 0.2) is 0 Å². The van der Waals surface area contributed by atoms with E-state index in [2.05, 4.69) is 23.8 Å². The van der Waals surface area contributed by atoms with Crippen molar-refractivity contribution in [1.82, 2.24) is 14.5 Å². The lowest BCUT2D eigenvalue weighted by Crippen LogP contribution is -2.62. The third-order valence-electron chi connectivity index (χ3n) is 9.52. The molecule has 0 unspecified atom stereocenters. The van der Waals surface area contributed by atoms with Gasteiger partial charge in [0, 0.05) is 27.9 Å². The molecule has 3 aliphatic rings. The number of allylic oxidation sites excluding steroid dienone is 1. The Morgan fingerprint density at radius 3 is 2.41 bits per heavy atom. The lowest BCUT2D eigenvalue weighted by Gasteiger charge is -2.55. The number of hydrogen-bond acceptors (Lipinski definition) is 3. The molecule has 204 valence electrons. The van der Waals surface area contributed by atoms with Gasteiger partial charge in [-0.25, -0.2) is 4.98 Å². The number of benzene rings is 2. The monoisotopic (exact) mass is 568 g/mol. The maximum atomic E-state index is 14.3. The number of rotatable bonds is 5. The Hall–Kier alpha value is -2.25. The fourth-order valence-electron chi connectivity index (χ4n) is 6.98. The van der Waals surface area contributed by atoms with Crippen LogP contribution in [0.3, 0.4) is 0 Å². The molecule has 0 bridgehead atoms. The first-order chi connectivity index (χ1) is 19.1. The van der Waals surface area contributed by atoms with Crippen molar-refractivity contribution in [1.29, 1.82) is 0 Å². The van der Waals surface area contributed by atoms with Gasteiger partial charge >= 0.3 is 6.18 Å². The number of alkyl halides is 3. The third-order valence-corrected chi connectivity index (χ3v) is 9.75. The maximum absolute atomic E-state index is 14.3. The maximum Gasteiger partial charge on any atom is 0.418 e. The highest BCUT2D eigenvalue weighted by Gasteiger charge is 2.48. The Morgan fingerprint density at radius 1 is 1.10 bits per heavy atom. The molecule has 12 heteroatoms. The van der Waals surface area contributed by atoms with Crippen molar-refractivity contribution in [2.45, 2.75) is 67.2 Å². The predicted molar refractivity (Wildman–Crippen MR) is 161 cm³/mol. The molecule has 1 aliphatic carbocycles. The van der Waals surface area contributed by atoms with Crippen molar-refractivity contribution < 1.29 is 13.2 Å². The zero-order valence-electron chi connectivity index (χ0n) is 22.9. The first kappa shape index (κ1) is 28.8. The average molecular weight is 568 g/mol. The molecule has 41 heavy (non-hydrogen) atoms. The van der Waals surface area contributed by atoms with Crippen LogP contribution in [0.4, 0.5) is 18.9 Å². The van der Waals surface area contributed by atoms with Gasteiger partial charge in [0.25, 0.3) is 0 Å². The molecule has 8 radical (unpaired) electrons. The summed E-state index contributed by atoms with van der Waals surface area (Å²) in [5, 5.41) is 0.535. The van der Waals surface area contributed by atoms with Crippen molar-refractivity contribution in [2.24, 2.45) is 5.92 Å². The quantitative estimate of drug-likeness (QED) is 0.405. The van der Waals surface area contributed by atoms with E-state index in [0.717, 1.165) is 35.9 Å². The summed E-state index contributed by atoms with van der Waals surface area (Å²) >= 11 is 6.30. The number of halogens is 4. The minimum Gasteiger partial charge on any atom is -0.358 e. The number of hydrogen-bond donors (Lipinski definition) is 1. The second kappa shape index (κ2) is 9.63. The van der Waals surface area contributed by atoms with Crippen molar-refractivity contribution in [3.05, 3.63) is 70.6 Å². The van der Waals surface area contributed by atoms with Crippen LogP contribution >= 0.6 is 11.6 Å². The zero-order chi connectivity index (χ0) is 29.5. The normalized spacial score (nSPS) is 23.0. The second-order valence-electron chi connectivity index (χ2n) is 12.3. The summed E-state index contributed by atoms with van der Waals surface area (Å²) in [6.45, 7) is 7.25. The number of imidazole rings is 1. The Kier molecular flexibility index (Phi) is 6.78. The molecule has 2 aliphatic heterocycles. The fraction of sp³-hybridized carbons (Fsp3) is 0.483. The zero-order valence-corrected chi connectivity index (χ0v) is 23.7. The summed E-state index contributed by atoms with van der Waals surface area (Å²) in [5.74, 6) is 0.476. The van der Waals surface area contributed by atoms with Crippen LogP contribution in [0.5, 0.6) is 0 Å². The van der Waals surface area contributed by atoms with E-state index < -0.39 is 22.3 Å². The number of nitrogens with one attached hydrogen (secondary N) is 1. The minimum atomic E-state index is -4.59. The lowest BCUT2D eigenvalue weighted by atomic mass is 9.31. The molecule has 1 aromatic heterocycles. The Labute approximate surface area is 249 Å². The largest absolute Gasteiger partial charge is 0.418 e. The molecule has 3 aromatic rings. The standard InChI is InChI=1S/C29H28B4ClF3N4/c1-16-9-20(10-16)41-15-38-24-12-18(11-22(25(24)41)28(35,36)37)14-27(30,31)29(32,33)40-7-5-26(6-8-40)17(2)39-23-4-3-19(34)13-21(23)26/h3-4,11-13,15-16,20,39H,2,5-10,14H2,1H3. The molecule has 0 atom stereocenters. The van der Waals surface area contributed by atoms with Crippen molar-refractivity contribution >= 4 is 59.7 Å². The molecule has 1 N–H and O–H groups in total. The van der Waals surface area contributed by atoms with Gasteiger partial charge in [-0.2, -0.15) is 13.2 Å². The van der Waals surface area contributed by atoms with E-state index in [1.807, 2.05) is 23.1 Å². The van der Waals surface area contributed by atoms with Gasteiger partial charge in [0.1, 0.15) is 0 Å². The molecule has 1 saturated heterocycles. The highest BCUT2D eigenvalue weighted by molar-refractivity contribution is 6.54. The summed E-state index contributed by atoms with van der Waals surface area (Å²) in [4.78, 5) is 6.13. The van der Waals surface area contributed by atoms with Crippen molar-refractivity contribution in [2.75, 3.05) is 18.4 Å². The summed E-state index contributed by atoms with van der Waals surface area (Å²) in [6, 6.07) is 8.43. The third kappa shape index (κ3) is 4.66. The van der Waals surface area contributed by atoms with E-state index in [0.29, 0.717) is 36.9 Å². The average Bonchev–Trinajstić information content (AvgIpc) is 3.40. The van der Waals surface area contributed by atoms with Gasteiger partial charge in [-0.05, 0) is 92.6 Å². The van der Waals surface area contributed by atoms with E-state index >= 15 is 0 Å². The van der Waals surface area contributed by atoms with E-state index in [1.165, 1.54) is 6.33 Å². The minimum absolute atomic E-state index is 0.00215. The van der Waals surface area contributed by atoms with Gasteiger partial charge < -0.3 is 14.8 Å². The molecule has 2 fully saturated rings. The van der Waals surface area contributed by atoms with Gasteiger partial charge in [-0.1, -0.05) is 35.7 Å². The summed E-state index contributed by atoms with van der Waals surface area (Å²) in [5.41, 5.74) is 2.41. The second-order valence-corrected chi connectivity index (χ2v) is 12.7. The molecule has 6 rings (SSSR count). The molecule has 4 nitrogen and oxygen atoms in total. The Morgan fingerprint density at radius 2 is 1.78 bits per heavy atom. The van der Waals surface area contributed by atoms with Crippen LogP contribution in [-0.2, 0) is 18.0 Å². The van der Waals surface area contributed by atoms with Gasteiger partial charge in [-0.3, -0.25) is 0 Å². The van der Waals surface area contributed by atoms with Crippen LogP contribution in [0.1, 0.15) is 55.3 Å². The first-order valence-electron chi connectivity index (χ1n) is 13.9. The molecule has 3 heterocycles. The molecular weight excluding hydrogens is 540 g/mol. The number of likely N-dealkylation sites (tertiary alicyclic amines) is 1.